The Morgan fingerprint density at radius 2 is 0.825 bits per heavy atom. The van der Waals surface area contributed by atoms with Gasteiger partial charge in [0.15, 0.2) is 0 Å². The van der Waals surface area contributed by atoms with E-state index >= 15 is 0 Å². The van der Waals surface area contributed by atoms with E-state index in [1.165, 1.54) is 0 Å². The highest BCUT2D eigenvalue weighted by Gasteiger charge is 2.42. The molecule has 0 aliphatic carbocycles. The number of hydrogen-bond donors (Lipinski definition) is 0. The number of aromatic nitrogens is 2. The van der Waals surface area contributed by atoms with Gasteiger partial charge >= 0.3 is 12.4 Å². The summed E-state index contributed by atoms with van der Waals surface area (Å²) in [5.41, 5.74) is -0.520. The Bertz CT molecular complexity index is 2010. The minimum Gasteiger partial charge on any atom is -0.309 e. The van der Waals surface area contributed by atoms with E-state index in [1.54, 1.807) is 36.4 Å². The van der Waals surface area contributed by atoms with Gasteiger partial charge < -0.3 is 9.13 Å². The van der Waals surface area contributed by atoms with Gasteiger partial charge in [0.2, 0.25) is 0 Å². The highest BCUT2D eigenvalue weighted by Crippen LogP contribution is 2.45. The molecule has 198 valence electrons. The lowest BCUT2D eigenvalue weighted by molar-refractivity contribution is -0.142. The van der Waals surface area contributed by atoms with Crippen molar-refractivity contribution in [1.29, 1.82) is 0 Å². The molecule has 2 heterocycles. The van der Waals surface area contributed by atoms with E-state index in [0.717, 1.165) is 38.1 Å². The summed E-state index contributed by atoms with van der Waals surface area (Å²) in [5.74, 6) is 0. The first-order chi connectivity index (χ1) is 19.1. The van der Waals surface area contributed by atoms with Crippen LogP contribution in [0.3, 0.4) is 0 Å². The van der Waals surface area contributed by atoms with Crippen molar-refractivity contribution in [1.82, 2.24) is 9.13 Å². The summed E-state index contributed by atoms with van der Waals surface area (Å²) in [5, 5.41) is 3.16. The molecule has 0 aliphatic rings. The van der Waals surface area contributed by atoms with Gasteiger partial charge in [0.05, 0.1) is 38.9 Å². The fourth-order valence-corrected chi connectivity index (χ4v) is 5.78. The maximum absolute atomic E-state index is 14.2. The molecule has 8 heteroatoms. The molecule has 2 aromatic heterocycles. The lowest BCUT2D eigenvalue weighted by Gasteiger charge is -2.21. The summed E-state index contributed by atoms with van der Waals surface area (Å²) in [6.45, 7) is 0. The number of fused-ring (bicyclic) bond motifs is 6. The maximum Gasteiger partial charge on any atom is 0.418 e. The van der Waals surface area contributed by atoms with Crippen LogP contribution in [0.15, 0.2) is 109 Å². The normalized spacial score (nSPS) is 12.8. The second kappa shape index (κ2) is 8.39. The van der Waals surface area contributed by atoms with Gasteiger partial charge in [-0.3, -0.25) is 0 Å². The van der Waals surface area contributed by atoms with E-state index < -0.39 is 29.2 Å². The number of benzene rings is 5. The third-order valence-electron chi connectivity index (χ3n) is 7.36. The Morgan fingerprint density at radius 3 is 1.32 bits per heavy atom. The third-order valence-corrected chi connectivity index (χ3v) is 7.36. The van der Waals surface area contributed by atoms with Crippen LogP contribution in [0.4, 0.5) is 26.3 Å². The highest BCUT2D eigenvalue weighted by atomic mass is 19.4. The summed E-state index contributed by atoms with van der Waals surface area (Å²) in [6.07, 6.45) is -10.0. The second-order valence-electron chi connectivity index (χ2n) is 9.62. The number of rotatable bonds is 2. The Morgan fingerprint density at radius 1 is 0.400 bits per heavy atom. The van der Waals surface area contributed by atoms with Crippen molar-refractivity contribution in [2.75, 3.05) is 0 Å². The molecule has 0 spiro atoms. The van der Waals surface area contributed by atoms with Crippen molar-refractivity contribution < 1.29 is 26.3 Å². The molecule has 0 atom stereocenters. The zero-order chi connectivity index (χ0) is 27.8. The number of para-hydroxylation sites is 4. The number of halogens is 6. The molecule has 7 rings (SSSR count). The fraction of sp³-hybridized carbons (Fsp3) is 0.0625. The quantitative estimate of drug-likeness (QED) is 0.192. The minimum absolute atomic E-state index is 0.243. The van der Waals surface area contributed by atoms with Gasteiger partial charge in [-0.1, -0.05) is 60.7 Å². The predicted octanol–water partition coefficient (Wildman–Crippen LogP) is 9.92. The van der Waals surface area contributed by atoms with Crippen molar-refractivity contribution in [3.63, 3.8) is 0 Å². The standard InChI is InChI=1S/C32H18F6N2/c33-31(34,35)24-11-7-12-25(32(36,37)38)30(24)40-28-15-6-3-10-22(28)23-18-19(16-17-29(23)40)39-26-13-4-1-8-20(26)21-9-2-5-14-27(21)39/h1-18H. The van der Waals surface area contributed by atoms with Crippen LogP contribution >= 0.6 is 0 Å². The van der Waals surface area contributed by atoms with Crippen LogP contribution in [0.2, 0.25) is 0 Å². The molecule has 0 bridgehead atoms. The zero-order valence-corrected chi connectivity index (χ0v) is 20.6. The third kappa shape index (κ3) is 3.52. The summed E-state index contributed by atoms with van der Waals surface area (Å²) >= 11 is 0. The minimum atomic E-state index is -5.00. The monoisotopic (exact) mass is 544 g/mol. The molecule has 0 amide bonds. The molecular formula is C32H18F6N2. The average molecular weight is 544 g/mol. The topological polar surface area (TPSA) is 9.86 Å². The van der Waals surface area contributed by atoms with Gasteiger partial charge in [0, 0.05) is 27.2 Å². The van der Waals surface area contributed by atoms with Gasteiger partial charge in [-0.15, -0.1) is 0 Å². The first-order valence-corrected chi connectivity index (χ1v) is 12.4. The first kappa shape index (κ1) is 24.3. The number of nitrogens with zero attached hydrogens (tertiary/aromatic N) is 2. The predicted molar refractivity (Wildman–Crippen MR) is 145 cm³/mol. The summed E-state index contributed by atoms with van der Waals surface area (Å²) < 4.78 is 88.2. The molecule has 5 aromatic carbocycles. The van der Waals surface area contributed by atoms with E-state index in [-0.39, 0.29) is 11.0 Å². The molecule has 0 unspecified atom stereocenters. The van der Waals surface area contributed by atoms with Crippen LogP contribution in [0.1, 0.15) is 11.1 Å². The summed E-state index contributed by atoms with van der Waals surface area (Å²) in [7, 11) is 0. The summed E-state index contributed by atoms with van der Waals surface area (Å²) in [6, 6.07) is 29.7. The van der Waals surface area contributed by atoms with E-state index in [2.05, 4.69) is 4.57 Å². The first-order valence-electron chi connectivity index (χ1n) is 12.4. The Hall–Kier alpha value is -4.72. The average Bonchev–Trinajstić information content (AvgIpc) is 3.44. The van der Waals surface area contributed by atoms with Gasteiger partial charge in [-0.2, -0.15) is 26.3 Å². The maximum atomic E-state index is 14.2. The zero-order valence-electron chi connectivity index (χ0n) is 20.6. The largest absolute Gasteiger partial charge is 0.418 e. The van der Waals surface area contributed by atoms with Gasteiger partial charge in [0.1, 0.15) is 0 Å². The van der Waals surface area contributed by atoms with Gasteiger partial charge in [-0.05, 0) is 48.5 Å². The van der Waals surface area contributed by atoms with Crippen LogP contribution in [0.25, 0.3) is 55.0 Å². The molecule has 0 saturated heterocycles. The lowest BCUT2D eigenvalue weighted by atomic mass is 10.1. The van der Waals surface area contributed by atoms with Crippen molar-refractivity contribution in [3.05, 3.63) is 120 Å². The molecule has 40 heavy (non-hydrogen) atoms. The SMILES string of the molecule is FC(F)(F)c1cccc(C(F)(F)F)c1-n1c2ccccc2c2cc(-n3c4ccccc4c4ccccc43)ccc21. The molecular weight excluding hydrogens is 526 g/mol. The van der Waals surface area contributed by atoms with Crippen molar-refractivity contribution in [3.8, 4) is 11.4 Å². The second-order valence-corrected chi connectivity index (χ2v) is 9.62. The van der Waals surface area contributed by atoms with Crippen molar-refractivity contribution >= 4 is 43.6 Å². The van der Waals surface area contributed by atoms with E-state index in [0.29, 0.717) is 22.9 Å². The molecule has 0 radical (unpaired) electrons. The number of hydrogen-bond acceptors (Lipinski definition) is 0. The Kier molecular flexibility index (Phi) is 5.10. The van der Waals surface area contributed by atoms with Crippen LogP contribution in [-0.2, 0) is 12.4 Å². The molecule has 0 aliphatic heterocycles. The number of alkyl halides is 6. The van der Waals surface area contributed by atoms with E-state index in [4.69, 9.17) is 0 Å². The van der Waals surface area contributed by atoms with Gasteiger partial charge in [-0.25, -0.2) is 0 Å². The molecule has 0 saturated carbocycles. The Labute approximate surface area is 223 Å². The van der Waals surface area contributed by atoms with Crippen LogP contribution < -0.4 is 0 Å². The Balaban J connectivity index is 1.60. The van der Waals surface area contributed by atoms with Crippen molar-refractivity contribution in [2.45, 2.75) is 12.4 Å². The molecule has 2 nitrogen and oxygen atoms in total. The van der Waals surface area contributed by atoms with E-state index in [1.807, 2.05) is 54.6 Å². The van der Waals surface area contributed by atoms with Gasteiger partial charge in [0.25, 0.3) is 0 Å². The molecule has 7 aromatic rings. The molecule has 0 fully saturated rings. The molecule has 0 N–H and O–H groups in total. The smallest absolute Gasteiger partial charge is 0.309 e. The van der Waals surface area contributed by atoms with Crippen molar-refractivity contribution in [2.24, 2.45) is 0 Å². The van der Waals surface area contributed by atoms with E-state index in [9.17, 15) is 26.3 Å². The fourth-order valence-electron chi connectivity index (χ4n) is 5.78. The summed E-state index contributed by atoms with van der Waals surface area (Å²) in [4.78, 5) is 0. The van der Waals surface area contributed by atoms with Crippen LogP contribution in [0.5, 0.6) is 0 Å². The van der Waals surface area contributed by atoms with Crippen LogP contribution in [-0.4, -0.2) is 9.13 Å². The lowest BCUT2D eigenvalue weighted by Crippen LogP contribution is -2.17. The highest BCUT2D eigenvalue weighted by molar-refractivity contribution is 6.12. The van der Waals surface area contributed by atoms with Crippen LogP contribution in [0, 0.1) is 0 Å².